The van der Waals surface area contributed by atoms with E-state index < -0.39 is 16.7 Å². The van der Waals surface area contributed by atoms with Crippen LogP contribution in [0.5, 0.6) is 0 Å². The second-order valence-electron chi connectivity index (χ2n) is 6.55. The van der Waals surface area contributed by atoms with Crippen LogP contribution in [0.1, 0.15) is 10.4 Å². The van der Waals surface area contributed by atoms with E-state index in [1.807, 2.05) is 30.3 Å². The number of rotatable bonds is 7. The number of carbonyl (C=O) groups excluding carboxylic acids is 2. The first-order chi connectivity index (χ1) is 16.0. The molecule has 2 heterocycles. The predicted molar refractivity (Wildman–Crippen MR) is 118 cm³/mol. The average molecular weight is 464 g/mol. The van der Waals surface area contributed by atoms with E-state index in [0.29, 0.717) is 16.7 Å². The number of benzene rings is 2. The Labute approximate surface area is 190 Å². The van der Waals surface area contributed by atoms with E-state index in [4.69, 9.17) is 4.42 Å². The van der Waals surface area contributed by atoms with Crippen molar-refractivity contribution in [1.82, 2.24) is 25.6 Å². The van der Waals surface area contributed by atoms with E-state index in [2.05, 4.69) is 21.0 Å². The Bertz CT molecular complexity index is 1290. The molecule has 4 rings (SSSR count). The number of hydrazine groups is 1. The minimum absolute atomic E-state index is 0.0454. The van der Waals surface area contributed by atoms with Crippen molar-refractivity contribution in [2.24, 2.45) is 0 Å². The highest BCUT2D eigenvalue weighted by Gasteiger charge is 2.19. The van der Waals surface area contributed by atoms with Crippen molar-refractivity contribution in [2.45, 2.75) is 5.16 Å². The molecule has 2 amide bonds. The smallest absolute Gasteiger partial charge is 0.270 e. The lowest BCUT2D eigenvalue weighted by Gasteiger charge is -2.10. The van der Waals surface area contributed by atoms with Crippen LogP contribution in [0, 0.1) is 10.1 Å². The second-order valence-corrected chi connectivity index (χ2v) is 7.50. The highest BCUT2D eigenvalue weighted by Crippen LogP contribution is 2.28. The van der Waals surface area contributed by atoms with Gasteiger partial charge in [-0.25, -0.2) is 0 Å². The first-order valence-corrected chi connectivity index (χ1v) is 10.5. The molecule has 0 aliphatic carbocycles. The van der Waals surface area contributed by atoms with E-state index in [0.717, 1.165) is 23.5 Å². The number of non-ortho nitro benzene ring substituents is 1. The molecule has 166 valence electrons. The monoisotopic (exact) mass is 464 g/mol. The number of carbonyl (C=O) groups is 2. The summed E-state index contributed by atoms with van der Waals surface area (Å²) in [6, 6.07) is 18.0. The number of amides is 2. The van der Waals surface area contributed by atoms with Crippen LogP contribution in [0.3, 0.4) is 0 Å². The van der Waals surface area contributed by atoms with Gasteiger partial charge in [0, 0.05) is 23.4 Å². The van der Waals surface area contributed by atoms with Gasteiger partial charge in [-0.1, -0.05) is 36.0 Å². The number of nitrogens with zero attached hydrogens (tertiary/aromatic N) is 4. The molecule has 0 fully saturated rings. The second kappa shape index (κ2) is 9.78. The van der Waals surface area contributed by atoms with Crippen molar-refractivity contribution in [3.05, 3.63) is 88.7 Å². The van der Waals surface area contributed by atoms with Crippen molar-refractivity contribution in [3.63, 3.8) is 0 Å². The van der Waals surface area contributed by atoms with Gasteiger partial charge in [0.25, 0.3) is 11.6 Å². The maximum Gasteiger partial charge on any atom is 0.270 e. The molecule has 2 N–H and O–H groups in total. The highest BCUT2D eigenvalue weighted by molar-refractivity contribution is 7.99. The fraction of sp³-hybridized carbons (Fsp3) is 0.0476. The van der Waals surface area contributed by atoms with Crippen LogP contribution < -0.4 is 10.9 Å². The Balaban J connectivity index is 1.42. The summed E-state index contributed by atoms with van der Waals surface area (Å²) in [4.78, 5) is 34.7. The van der Waals surface area contributed by atoms with Crippen LogP contribution in [0.25, 0.3) is 17.3 Å². The minimum Gasteiger partial charge on any atom is -0.461 e. The van der Waals surface area contributed by atoms with E-state index >= 15 is 0 Å². The summed E-state index contributed by atoms with van der Waals surface area (Å²) < 4.78 is 7.21. The number of para-hydroxylation sites is 1. The first-order valence-electron chi connectivity index (χ1n) is 9.54. The molecule has 0 radical (unpaired) electrons. The van der Waals surface area contributed by atoms with E-state index in [9.17, 15) is 19.7 Å². The average Bonchev–Trinajstić information content (AvgIpc) is 3.51. The van der Waals surface area contributed by atoms with Gasteiger partial charge in [-0.15, -0.1) is 10.2 Å². The maximum atomic E-state index is 12.3. The normalized spacial score (nSPS) is 10.5. The van der Waals surface area contributed by atoms with Gasteiger partial charge in [0.05, 0.1) is 16.9 Å². The standard InChI is InChI=1S/C21H16N6O5S/c28-18(22-24-20(29)14-6-4-9-16(12-14)27(30)31)13-33-21-25-23-19(17-10-5-11-32-17)26(21)15-7-2-1-3-8-15/h1-12H,13H2,(H,22,28)(H,24,29). The largest absolute Gasteiger partial charge is 0.461 e. The lowest BCUT2D eigenvalue weighted by Crippen LogP contribution is -2.42. The predicted octanol–water partition coefficient (Wildman–Crippen LogP) is 2.99. The molecular weight excluding hydrogens is 448 g/mol. The van der Waals surface area contributed by atoms with Crippen molar-refractivity contribution in [3.8, 4) is 17.3 Å². The summed E-state index contributed by atoms with van der Waals surface area (Å²) in [5.41, 5.74) is 5.14. The van der Waals surface area contributed by atoms with Crippen molar-refractivity contribution in [1.29, 1.82) is 0 Å². The van der Waals surface area contributed by atoms with E-state index in [1.165, 1.54) is 24.5 Å². The molecule has 12 heteroatoms. The van der Waals surface area contributed by atoms with Crippen LogP contribution >= 0.6 is 11.8 Å². The van der Waals surface area contributed by atoms with Gasteiger partial charge in [0.2, 0.25) is 11.7 Å². The third kappa shape index (κ3) is 5.07. The van der Waals surface area contributed by atoms with Crippen molar-refractivity contribution in [2.75, 3.05) is 5.75 Å². The Morgan fingerprint density at radius 2 is 1.85 bits per heavy atom. The maximum absolute atomic E-state index is 12.3. The number of nitro benzene ring substituents is 1. The van der Waals surface area contributed by atoms with E-state index in [-0.39, 0.29) is 17.0 Å². The zero-order valence-electron chi connectivity index (χ0n) is 16.9. The number of nitrogens with one attached hydrogen (secondary N) is 2. The molecule has 0 atom stereocenters. The van der Waals surface area contributed by atoms with Crippen LogP contribution in [0.15, 0.2) is 82.6 Å². The first kappa shape index (κ1) is 21.8. The lowest BCUT2D eigenvalue weighted by atomic mass is 10.2. The topological polar surface area (TPSA) is 145 Å². The lowest BCUT2D eigenvalue weighted by molar-refractivity contribution is -0.384. The molecule has 0 bridgehead atoms. The number of aromatic nitrogens is 3. The van der Waals surface area contributed by atoms with Crippen molar-refractivity contribution < 1.29 is 18.9 Å². The van der Waals surface area contributed by atoms with Crippen LogP contribution in [0.2, 0.25) is 0 Å². The summed E-state index contributed by atoms with van der Waals surface area (Å²) in [7, 11) is 0. The molecule has 2 aromatic carbocycles. The Morgan fingerprint density at radius 3 is 2.58 bits per heavy atom. The van der Waals surface area contributed by atoms with Gasteiger partial charge in [-0.05, 0) is 30.3 Å². The summed E-state index contributed by atoms with van der Waals surface area (Å²) in [6.45, 7) is 0. The third-order valence-electron chi connectivity index (χ3n) is 4.36. The quantitative estimate of drug-likeness (QED) is 0.241. The zero-order valence-corrected chi connectivity index (χ0v) is 17.7. The molecule has 0 unspecified atom stereocenters. The molecule has 33 heavy (non-hydrogen) atoms. The summed E-state index contributed by atoms with van der Waals surface area (Å²) in [5.74, 6) is -0.247. The number of furan rings is 1. The molecule has 2 aromatic heterocycles. The van der Waals surface area contributed by atoms with Crippen LogP contribution in [-0.4, -0.2) is 37.3 Å². The molecule has 4 aromatic rings. The fourth-order valence-corrected chi connectivity index (χ4v) is 3.62. The van der Waals surface area contributed by atoms with Gasteiger partial charge in [0.15, 0.2) is 10.9 Å². The summed E-state index contributed by atoms with van der Waals surface area (Å²) >= 11 is 1.12. The van der Waals surface area contributed by atoms with E-state index in [1.54, 1.807) is 16.7 Å². The number of hydrogen-bond acceptors (Lipinski definition) is 8. The number of nitro groups is 1. The molecular formula is C21H16N6O5S. The third-order valence-corrected chi connectivity index (χ3v) is 5.29. The fourth-order valence-electron chi connectivity index (χ4n) is 2.86. The Kier molecular flexibility index (Phi) is 6.45. The van der Waals surface area contributed by atoms with Gasteiger partial charge in [-0.2, -0.15) is 0 Å². The van der Waals surface area contributed by atoms with Gasteiger partial charge >= 0.3 is 0 Å². The van der Waals surface area contributed by atoms with Gasteiger partial charge in [-0.3, -0.25) is 35.1 Å². The molecule has 0 aliphatic rings. The number of thioether (sulfide) groups is 1. The van der Waals surface area contributed by atoms with Gasteiger partial charge in [0.1, 0.15) is 0 Å². The SMILES string of the molecule is O=C(CSc1nnc(-c2ccco2)n1-c1ccccc1)NNC(=O)c1cccc([N+](=O)[O-])c1. The van der Waals surface area contributed by atoms with Crippen LogP contribution in [0.4, 0.5) is 5.69 Å². The number of hydrogen-bond donors (Lipinski definition) is 2. The Morgan fingerprint density at radius 1 is 1.03 bits per heavy atom. The van der Waals surface area contributed by atoms with Crippen molar-refractivity contribution >= 4 is 29.3 Å². The molecule has 0 saturated heterocycles. The summed E-state index contributed by atoms with van der Waals surface area (Å²) in [6.07, 6.45) is 1.53. The van der Waals surface area contributed by atoms with Crippen LogP contribution in [-0.2, 0) is 4.79 Å². The molecule has 11 nitrogen and oxygen atoms in total. The minimum atomic E-state index is -0.676. The molecule has 0 spiro atoms. The highest BCUT2D eigenvalue weighted by atomic mass is 32.2. The van der Waals surface area contributed by atoms with Gasteiger partial charge < -0.3 is 4.42 Å². The zero-order chi connectivity index (χ0) is 23.2. The summed E-state index contributed by atoms with van der Waals surface area (Å²) in [5, 5.41) is 19.7. The molecule has 0 saturated carbocycles. The molecule has 0 aliphatic heterocycles. The Hall–Kier alpha value is -4.45.